The summed E-state index contributed by atoms with van der Waals surface area (Å²) in [5.41, 5.74) is 0.417. The van der Waals surface area contributed by atoms with E-state index in [-0.39, 0.29) is 30.6 Å². The molecule has 1 heterocycles. The van der Waals surface area contributed by atoms with Gasteiger partial charge in [0.1, 0.15) is 5.82 Å². The van der Waals surface area contributed by atoms with Crippen LogP contribution in [0.2, 0.25) is 0 Å². The van der Waals surface area contributed by atoms with Crippen LogP contribution in [-0.2, 0) is 25.6 Å². The normalized spacial score (nSPS) is 14.3. The Bertz CT molecular complexity index is 553. The first kappa shape index (κ1) is 13.1. The van der Waals surface area contributed by atoms with E-state index in [4.69, 9.17) is 9.47 Å². The number of hydrogen-bond donors (Lipinski definition) is 1. The number of carbonyl (C=O) groups excluding carboxylic acids is 2. The maximum Gasteiger partial charge on any atom is 0.308 e. The van der Waals surface area contributed by atoms with E-state index in [1.807, 2.05) is 0 Å². The largest absolute Gasteiger partial charge is 0.468 e. The van der Waals surface area contributed by atoms with Crippen molar-refractivity contribution in [2.24, 2.45) is 0 Å². The van der Waals surface area contributed by atoms with Gasteiger partial charge in [-0.3, -0.25) is 9.59 Å². The van der Waals surface area contributed by atoms with E-state index in [2.05, 4.69) is 5.32 Å². The summed E-state index contributed by atoms with van der Waals surface area (Å²) in [7, 11) is 0. The molecular formula is C13H12FNO4. The maximum absolute atomic E-state index is 13.4. The quantitative estimate of drug-likeness (QED) is 0.830. The van der Waals surface area contributed by atoms with Gasteiger partial charge >= 0.3 is 5.97 Å². The molecule has 1 aromatic carbocycles. The predicted molar refractivity (Wildman–Crippen MR) is 63.0 cm³/mol. The lowest BCUT2D eigenvalue weighted by molar-refractivity contribution is -0.139. The number of carbonyl (C=O) groups is 2. The molecule has 0 saturated carbocycles. The van der Waals surface area contributed by atoms with Crippen molar-refractivity contribution < 1.29 is 23.5 Å². The fourth-order valence-electron chi connectivity index (χ4n) is 1.59. The number of esters is 1. The zero-order valence-electron chi connectivity index (χ0n) is 10.2. The smallest absolute Gasteiger partial charge is 0.308 e. The third-order valence-corrected chi connectivity index (χ3v) is 2.45. The van der Waals surface area contributed by atoms with Gasteiger partial charge in [-0.1, -0.05) is 18.2 Å². The molecule has 1 aliphatic rings. The number of nitrogens with one attached hydrogen (secondary N) is 1. The molecule has 0 atom stereocenters. The molecular weight excluding hydrogens is 253 g/mol. The second-order valence-corrected chi connectivity index (χ2v) is 3.91. The molecule has 0 unspecified atom stereocenters. The van der Waals surface area contributed by atoms with Gasteiger partial charge in [-0.05, 0) is 6.07 Å². The van der Waals surface area contributed by atoms with Crippen LogP contribution in [0.25, 0.3) is 0 Å². The first-order chi connectivity index (χ1) is 9.08. The van der Waals surface area contributed by atoms with Crippen molar-refractivity contribution in [3.05, 3.63) is 47.3 Å². The Morgan fingerprint density at radius 3 is 2.89 bits per heavy atom. The summed E-state index contributed by atoms with van der Waals surface area (Å²) in [5, 5.41) is 2.74. The summed E-state index contributed by atoms with van der Waals surface area (Å²) < 4.78 is 23.2. The first-order valence-corrected chi connectivity index (χ1v) is 5.64. The van der Waals surface area contributed by atoms with Crippen LogP contribution in [0.1, 0.15) is 12.5 Å². The Hall–Kier alpha value is -2.37. The van der Waals surface area contributed by atoms with Gasteiger partial charge in [0.2, 0.25) is 17.4 Å². The number of hydrogen-bond acceptors (Lipinski definition) is 5. The summed E-state index contributed by atoms with van der Waals surface area (Å²) in [5.74, 6) is -1.51. The molecule has 0 saturated heterocycles. The monoisotopic (exact) mass is 265 g/mol. The number of ether oxygens (including phenoxy) is 2. The molecule has 0 fully saturated rings. The van der Waals surface area contributed by atoms with E-state index < -0.39 is 11.8 Å². The van der Waals surface area contributed by atoms with Gasteiger partial charge in [-0.2, -0.15) is 0 Å². The maximum atomic E-state index is 13.4. The molecule has 5 nitrogen and oxygen atoms in total. The highest BCUT2D eigenvalue weighted by Gasteiger charge is 2.28. The van der Waals surface area contributed by atoms with Crippen LogP contribution in [0.5, 0.6) is 0 Å². The first-order valence-electron chi connectivity index (χ1n) is 5.64. The third-order valence-electron chi connectivity index (χ3n) is 2.45. The van der Waals surface area contributed by atoms with Crippen molar-refractivity contribution in [2.75, 3.05) is 6.61 Å². The van der Waals surface area contributed by atoms with Gasteiger partial charge in [0.25, 0.3) is 0 Å². The lowest BCUT2D eigenvalue weighted by Crippen LogP contribution is -2.17. The second-order valence-electron chi connectivity index (χ2n) is 3.91. The molecule has 0 spiro atoms. The van der Waals surface area contributed by atoms with Gasteiger partial charge < -0.3 is 14.8 Å². The van der Waals surface area contributed by atoms with Crippen molar-refractivity contribution in [2.45, 2.75) is 13.5 Å². The molecule has 19 heavy (non-hydrogen) atoms. The third kappa shape index (κ3) is 3.09. The van der Waals surface area contributed by atoms with E-state index >= 15 is 0 Å². The van der Waals surface area contributed by atoms with Gasteiger partial charge in [0.15, 0.2) is 6.61 Å². The summed E-state index contributed by atoms with van der Waals surface area (Å²) >= 11 is 0. The van der Waals surface area contributed by atoms with E-state index in [0.29, 0.717) is 5.56 Å². The number of Topliss-reactive ketones (excluding diaryl/α,β-unsaturated/α-hetero) is 1. The molecule has 1 aliphatic heterocycles. The lowest BCUT2D eigenvalue weighted by Gasteiger charge is -2.08. The van der Waals surface area contributed by atoms with Crippen LogP contribution < -0.4 is 5.32 Å². The Morgan fingerprint density at radius 1 is 1.47 bits per heavy atom. The molecule has 0 aromatic heterocycles. The highest BCUT2D eigenvalue weighted by molar-refractivity contribution is 5.98. The minimum Gasteiger partial charge on any atom is -0.468 e. The second kappa shape index (κ2) is 5.51. The molecule has 100 valence electrons. The average molecular weight is 265 g/mol. The number of benzene rings is 1. The van der Waals surface area contributed by atoms with E-state index in [0.717, 1.165) is 0 Å². The van der Waals surface area contributed by atoms with Crippen LogP contribution in [-0.4, -0.2) is 18.4 Å². The summed E-state index contributed by atoms with van der Waals surface area (Å²) in [6.07, 6.45) is 0. The van der Waals surface area contributed by atoms with Crippen LogP contribution in [0.3, 0.4) is 0 Å². The fourth-order valence-corrected chi connectivity index (χ4v) is 1.59. The molecule has 0 radical (unpaired) electrons. The van der Waals surface area contributed by atoms with Crippen molar-refractivity contribution in [3.8, 4) is 0 Å². The summed E-state index contributed by atoms with van der Waals surface area (Å²) in [6.45, 7) is 1.12. The van der Waals surface area contributed by atoms with E-state index in [1.54, 1.807) is 18.2 Å². The van der Waals surface area contributed by atoms with Crippen LogP contribution in [0.15, 0.2) is 35.9 Å². The molecule has 1 N–H and O–H groups in total. The van der Waals surface area contributed by atoms with Crippen molar-refractivity contribution in [3.63, 3.8) is 0 Å². The number of ketones is 1. The zero-order valence-corrected chi connectivity index (χ0v) is 10.2. The Balaban J connectivity index is 2.09. The van der Waals surface area contributed by atoms with E-state index in [1.165, 1.54) is 13.0 Å². The number of halogens is 1. The van der Waals surface area contributed by atoms with Gasteiger partial charge in [-0.15, -0.1) is 0 Å². The van der Waals surface area contributed by atoms with Crippen molar-refractivity contribution in [1.82, 2.24) is 5.32 Å². The Kier molecular flexibility index (Phi) is 3.79. The van der Waals surface area contributed by atoms with Crippen molar-refractivity contribution >= 4 is 11.8 Å². The Labute approximate surface area is 109 Å². The summed E-state index contributed by atoms with van der Waals surface area (Å²) in [4.78, 5) is 22.3. The van der Waals surface area contributed by atoms with Crippen LogP contribution in [0.4, 0.5) is 4.39 Å². The SMILES string of the molecule is CC(=O)OC1=C(NCc2ccccc2F)OCC1=O. The number of rotatable bonds is 4. The predicted octanol–water partition coefficient (Wildman–Crippen LogP) is 1.25. The molecule has 6 heteroatoms. The minimum absolute atomic E-state index is 0.0588. The molecule has 0 bridgehead atoms. The standard InChI is InChI=1S/C13H12FNO4/c1-8(16)19-12-11(17)7-18-13(12)15-6-9-4-2-3-5-10(9)14/h2-5,15H,6-7H2,1H3. The van der Waals surface area contributed by atoms with E-state index in [9.17, 15) is 14.0 Å². The molecule has 1 aromatic rings. The fraction of sp³-hybridized carbons (Fsp3) is 0.231. The van der Waals surface area contributed by atoms with Crippen LogP contribution in [0, 0.1) is 5.82 Å². The lowest BCUT2D eigenvalue weighted by atomic mass is 10.2. The van der Waals surface area contributed by atoms with Gasteiger partial charge in [0, 0.05) is 19.0 Å². The molecule has 0 aliphatic carbocycles. The highest BCUT2D eigenvalue weighted by atomic mass is 19.1. The Morgan fingerprint density at radius 2 is 2.21 bits per heavy atom. The minimum atomic E-state index is -0.612. The van der Waals surface area contributed by atoms with Gasteiger partial charge in [0.05, 0.1) is 0 Å². The van der Waals surface area contributed by atoms with Crippen LogP contribution >= 0.6 is 0 Å². The average Bonchev–Trinajstić information content (AvgIpc) is 2.70. The zero-order chi connectivity index (χ0) is 13.8. The topological polar surface area (TPSA) is 64.6 Å². The van der Waals surface area contributed by atoms with Crippen molar-refractivity contribution in [1.29, 1.82) is 0 Å². The highest BCUT2D eigenvalue weighted by Crippen LogP contribution is 2.16. The summed E-state index contributed by atoms with van der Waals surface area (Å²) in [6, 6.07) is 6.21. The molecule has 2 rings (SSSR count). The van der Waals surface area contributed by atoms with Gasteiger partial charge in [-0.25, -0.2) is 4.39 Å². The molecule has 0 amide bonds.